The minimum atomic E-state index is -0.742. The average molecular weight is 426 g/mol. The van der Waals surface area contributed by atoms with Crippen molar-refractivity contribution in [2.75, 3.05) is 11.4 Å². The lowest BCUT2D eigenvalue weighted by atomic mass is 10.1. The van der Waals surface area contributed by atoms with Gasteiger partial charge in [-0.25, -0.2) is 13.8 Å². The maximum atomic E-state index is 14.2. The second-order valence-corrected chi connectivity index (χ2v) is 8.21. The van der Waals surface area contributed by atoms with Crippen LogP contribution >= 0.6 is 11.3 Å². The Hall–Kier alpha value is -3.13. The average Bonchev–Trinajstić information content (AvgIpc) is 3.25. The summed E-state index contributed by atoms with van der Waals surface area (Å²) in [5, 5.41) is 4.76. The summed E-state index contributed by atoms with van der Waals surface area (Å²) in [6, 6.07) is 11.2. The molecule has 0 bridgehead atoms. The van der Waals surface area contributed by atoms with Crippen molar-refractivity contribution in [1.29, 1.82) is 0 Å². The van der Waals surface area contributed by atoms with Gasteiger partial charge in [-0.15, -0.1) is 0 Å². The van der Waals surface area contributed by atoms with E-state index in [2.05, 4.69) is 10.1 Å². The number of aryl methyl sites for hydroxylation is 3. The molecule has 0 atom stereocenters. The third-order valence-corrected chi connectivity index (χ3v) is 5.84. The molecule has 0 aliphatic rings. The fraction of sp³-hybridized carbons (Fsp3) is 0.227. The molecule has 2 aromatic heterocycles. The molecular weight excluding hydrogens is 406 g/mol. The Morgan fingerprint density at radius 1 is 1.10 bits per heavy atom. The van der Waals surface area contributed by atoms with Crippen LogP contribution in [0.15, 0.2) is 42.5 Å². The number of carbonyl (C=O) groups is 1. The summed E-state index contributed by atoms with van der Waals surface area (Å²) in [7, 11) is 0. The van der Waals surface area contributed by atoms with E-state index in [9.17, 15) is 13.6 Å². The highest BCUT2D eigenvalue weighted by atomic mass is 32.1. The van der Waals surface area contributed by atoms with Crippen LogP contribution in [0, 0.1) is 32.4 Å². The molecule has 0 saturated carbocycles. The van der Waals surface area contributed by atoms with Crippen LogP contribution in [-0.2, 0) is 6.54 Å². The Kier molecular flexibility index (Phi) is 5.34. The minimum Gasteiger partial charge on any atom is -0.282 e. The second kappa shape index (κ2) is 7.95. The van der Waals surface area contributed by atoms with E-state index in [1.165, 1.54) is 11.0 Å². The van der Waals surface area contributed by atoms with Crippen LogP contribution in [-0.4, -0.2) is 27.2 Å². The number of anilines is 1. The first-order valence-electron chi connectivity index (χ1n) is 9.47. The minimum absolute atomic E-state index is 0.0595. The van der Waals surface area contributed by atoms with Crippen molar-refractivity contribution < 1.29 is 13.6 Å². The van der Waals surface area contributed by atoms with E-state index in [1.807, 2.05) is 43.7 Å². The number of nitrogens with zero attached hydrogens (tertiary/aromatic N) is 4. The van der Waals surface area contributed by atoms with E-state index >= 15 is 0 Å². The standard InChI is InChI=1S/C22H20F2N4OS/c1-13-4-6-16(7-5-13)21(29)27(8-9-28-15(3)10-14(2)26-28)22-25-20-18(24)11-17(23)12-19(20)30-22/h4-7,10-12H,8-9H2,1-3H3. The van der Waals surface area contributed by atoms with E-state index in [0.29, 0.717) is 28.5 Å². The number of benzene rings is 2. The summed E-state index contributed by atoms with van der Waals surface area (Å²) in [5.74, 6) is -1.67. The van der Waals surface area contributed by atoms with Crippen LogP contribution in [0.5, 0.6) is 0 Å². The lowest BCUT2D eigenvalue weighted by molar-refractivity contribution is 0.0985. The van der Waals surface area contributed by atoms with Gasteiger partial charge < -0.3 is 0 Å². The quantitative estimate of drug-likeness (QED) is 0.449. The van der Waals surface area contributed by atoms with Gasteiger partial charge in [-0.2, -0.15) is 5.10 Å². The van der Waals surface area contributed by atoms with E-state index in [0.717, 1.165) is 34.4 Å². The van der Waals surface area contributed by atoms with Crippen LogP contribution in [0.1, 0.15) is 27.3 Å². The van der Waals surface area contributed by atoms with Crippen molar-refractivity contribution in [2.24, 2.45) is 0 Å². The van der Waals surface area contributed by atoms with E-state index in [4.69, 9.17) is 0 Å². The van der Waals surface area contributed by atoms with Crippen LogP contribution in [0.2, 0.25) is 0 Å². The number of fused-ring (bicyclic) bond motifs is 1. The molecule has 154 valence electrons. The van der Waals surface area contributed by atoms with E-state index in [1.54, 1.807) is 12.1 Å². The molecule has 5 nitrogen and oxygen atoms in total. The van der Waals surface area contributed by atoms with Crippen molar-refractivity contribution in [3.05, 3.63) is 76.6 Å². The van der Waals surface area contributed by atoms with Crippen LogP contribution in [0.25, 0.3) is 10.2 Å². The number of hydrogen-bond donors (Lipinski definition) is 0. The second-order valence-electron chi connectivity index (χ2n) is 7.20. The molecule has 0 radical (unpaired) electrons. The molecule has 4 aromatic rings. The van der Waals surface area contributed by atoms with Crippen molar-refractivity contribution >= 4 is 32.6 Å². The first-order valence-corrected chi connectivity index (χ1v) is 10.3. The molecule has 2 aromatic carbocycles. The van der Waals surface area contributed by atoms with Gasteiger partial charge in [0.2, 0.25) is 0 Å². The molecule has 0 aliphatic heterocycles. The molecule has 0 aliphatic carbocycles. The third-order valence-electron chi connectivity index (χ3n) is 4.82. The van der Waals surface area contributed by atoms with Gasteiger partial charge in [-0.05, 0) is 45.0 Å². The molecule has 0 N–H and O–H groups in total. The largest absolute Gasteiger partial charge is 0.282 e. The summed E-state index contributed by atoms with van der Waals surface area (Å²) in [5.41, 5.74) is 3.47. The highest BCUT2D eigenvalue weighted by Crippen LogP contribution is 2.32. The number of aromatic nitrogens is 3. The van der Waals surface area contributed by atoms with Crippen LogP contribution in [0.3, 0.4) is 0 Å². The van der Waals surface area contributed by atoms with Gasteiger partial charge in [0.15, 0.2) is 10.9 Å². The van der Waals surface area contributed by atoms with Gasteiger partial charge in [0.05, 0.1) is 16.9 Å². The number of rotatable bonds is 5. The number of thiazole rings is 1. The van der Waals surface area contributed by atoms with Gasteiger partial charge in [0.25, 0.3) is 5.91 Å². The zero-order valence-corrected chi connectivity index (χ0v) is 17.6. The Labute approximate surface area is 176 Å². The van der Waals surface area contributed by atoms with Gasteiger partial charge in [-0.1, -0.05) is 29.0 Å². The van der Waals surface area contributed by atoms with Crippen molar-refractivity contribution in [3.8, 4) is 0 Å². The zero-order chi connectivity index (χ0) is 21.4. The highest BCUT2D eigenvalue weighted by Gasteiger charge is 2.23. The molecule has 0 fully saturated rings. The lowest BCUT2D eigenvalue weighted by Crippen LogP contribution is -2.34. The predicted molar refractivity (Wildman–Crippen MR) is 114 cm³/mol. The summed E-state index contributed by atoms with van der Waals surface area (Å²) < 4.78 is 30.0. The number of carbonyl (C=O) groups excluding carboxylic acids is 1. The lowest BCUT2D eigenvalue weighted by Gasteiger charge is -2.20. The Morgan fingerprint density at radius 2 is 1.83 bits per heavy atom. The summed E-state index contributed by atoms with van der Waals surface area (Å²) >= 11 is 1.09. The smallest absolute Gasteiger partial charge is 0.260 e. The number of halogens is 2. The molecule has 30 heavy (non-hydrogen) atoms. The Balaban J connectivity index is 1.72. The van der Waals surface area contributed by atoms with Crippen LogP contribution < -0.4 is 4.90 Å². The molecule has 0 spiro atoms. The van der Waals surface area contributed by atoms with Crippen molar-refractivity contribution in [3.63, 3.8) is 0 Å². The summed E-state index contributed by atoms with van der Waals surface area (Å²) in [6.45, 7) is 6.54. The molecule has 2 heterocycles. The Morgan fingerprint density at radius 3 is 2.50 bits per heavy atom. The third kappa shape index (κ3) is 3.95. The molecule has 0 unspecified atom stereocenters. The molecule has 0 saturated heterocycles. The number of amides is 1. The topological polar surface area (TPSA) is 51.0 Å². The van der Waals surface area contributed by atoms with Gasteiger partial charge >= 0.3 is 0 Å². The molecule has 1 amide bonds. The van der Waals surface area contributed by atoms with Crippen molar-refractivity contribution in [1.82, 2.24) is 14.8 Å². The van der Waals surface area contributed by atoms with E-state index < -0.39 is 11.6 Å². The zero-order valence-electron chi connectivity index (χ0n) is 16.8. The van der Waals surface area contributed by atoms with Gasteiger partial charge in [0.1, 0.15) is 11.3 Å². The van der Waals surface area contributed by atoms with Gasteiger partial charge in [0, 0.05) is 23.9 Å². The fourth-order valence-corrected chi connectivity index (χ4v) is 4.32. The Bertz CT molecular complexity index is 1230. The summed E-state index contributed by atoms with van der Waals surface area (Å²) in [4.78, 5) is 19.1. The molecule has 8 heteroatoms. The summed E-state index contributed by atoms with van der Waals surface area (Å²) in [6.07, 6.45) is 0. The maximum absolute atomic E-state index is 14.2. The highest BCUT2D eigenvalue weighted by molar-refractivity contribution is 7.22. The fourth-order valence-electron chi connectivity index (χ4n) is 3.29. The predicted octanol–water partition coefficient (Wildman–Crippen LogP) is 5.04. The van der Waals surface area contributed by atoms with E-state index in [-0.39, 0.29) is 11.4 Å². The van der Waals surface area contributed by atoms with Crippen LogP contribution in [0.4, 0.5) is 13.9 Å². The monoisotopic (exact) mass is 426 g/mol. The SMILES string of the molecule is Cc1ccc(C(=O)N(CCn2nc(C)cc2C)c2nc3c(F)cc(F)cc3s2)cc1. The van der Waals surface area contributed by atoms with Crippen molar-refractivity contribution in [2.45, 2.75) is 27.3 Å². The first kappa shape index (κ1) is 20.2. The maximum Gasteiger partial charge on any atom is 0.260 e. The molecular formula is C22H20F2N4OS. The van der Waals surface area contributed by atoms with Gasteiger partial charge in [-0.3, -0.25) is 14.4 Å². The number of hydrogen-bond acceptors (Lipinski definition) is 4. The molecule has 4 rings (SSSR count). The first-order chi connectivity index (χ1) is 14.3. The normalized spacial score (nSPS) is 11.2.